The summed E-state index contributed by atoms with van der Waals surface area (Å²) in [5.41, 5.74) is 1.52. The van der Waals surface area contributed by atoms with E-state index in [1.54, 1.807) is 12.1 Å². The molecular weight excluding hydrogens is 321 g/mol. The second-order valence-electron chi connectivity index (χ2n) is 6.45. The van der Waals surface area contributed by atoms with Crippen molar-refractivity contribution in [3.05, 3.63) is 71.5 Å². The second-order valence-corrected chi connectivity index (χ2v) is 6.45. The molecule has 1 unspecified atom stereocenters. The fourth-order valence-electron chi connectivity index (χ4n) is 3.39. The van der Waals surface area contributed by atoms with Gasteiger partial charge < -0.3 is 10.4 Å². The van der Waals surface area contributed by atoms with Crippen molar-refractivity contribution in [1.82, 2.24) is 5.32 Å². The highest BCUT2D eigenvalue weighted by molar-refractivity contribution is 5.81. The van der Waals surface area contributed by atoms with Gasteiger partial charge in [0.1, 0.15) is 5.82 Å². The Kier molecular flexibility index (Phi) is 5.12. The van der Waals surface area contributed by atoms with Crippen molar-refractivity contribution < 1.29 is 19.1 Å². The van der Waals surface area contributed by atoms with E-state index < -0.39 is 17.9 Å². The molecule has 0 bridgehead atoms. The number of carboxylic acids is 1. The SMILES string of the molecule is O=C(O)[C@@H]1CC[C@H](C(=O)NC(c2ccccc2)c2cccc(F)c2)C1. The highest BCUT2D eigenvalue weighted by Crippen LogP contribution is 2.32. The summed E-state index contributed by atoms with van der Waals surface area (Å²) in [5, 5.41) is 12.1. The van der Waals surface area contributed by atoms with Crippen molar-refractivity contribution in [2.45, 2.75) is 25.3 Å². The van der Waals surface area contributed by atoms with Gasteiger partial charge in [-0.2, -0.15) is 0 Å². The Labute approximate surface area is 145 Å². The number of halogens is 1. The van der Waals surface area contributed by atoms with E-state index in [1.807, 2.05) is 30.3 Å². The van der Waals surface area contributed by atoms with E-state index in [9.17, 15) is 14.0 Å². The van der Waals surface area contributed by atoms with Crippen LogP contribution in [0.2, 0.25) is 0 Å². The Morgan fingerprint density at radius 2 is 1.68 bits per heavy atom. The maximum absolute atomic E-state index is 13.6. The lowest BCUT2D eigenvalue weighted by Gasteiger charge is -2.22. The summed E-state index contributed by atoms with van der Waals surface area (Å²) in [6.45, 7) is 0. The zero-order valence-electron chi connectivity index (χ0n) is 13.7. The summed E-state index contributed by atoms with van der Waals surface area (Å²) in [5.74, 6) is -2.16. The zero-order chi connectivity index (χ0) is 17.8. The number of hydrogen-bond acceptors (Lipinski definition) is 2. The van der Waals surface area contributed by atoms with Crippen LogP contribution in [0.15, 0.2) is 54.6 Å². The molecule has 0 aliphatic heterocycles. The molecule has 0 spiro atoms. The summed E-state index contributed by atoms with van der Waals surface area (Å²) < 4.78 is 13.6. The fraction of sp³-hybridized carbons (Fsp3) is 0.300. The largest absolute Gasteiger partial charge is 0.481 e. The Morgan fingerprint density at radius 3 is 2.32 bits per heavy atom. The molecule has 1 saturated carbocycles. The summed E-state index contributed by atoms with van der Waals surface area (Å²) in [6, 6.07) is 15.1. The van der Waals surface area contributed by atoms with E-state index in [4.69, 9.17) is 5.11 Å². The van der Waals surface area contributed by atoms with Gasteiger partial charge in [-0.3, -0.25) is 9.59 Å². The molecule has 2 aromatic rings. The van der Waals surface area contributed by atoms with E-state index >= 15 is 0 Å². The van der Waals surface area contributed by atoms with Crippen LogP contribution in [0.3, 0.4) is 0 Å². The van der Waals surface area contributed by atoms with Gasteiger partial charge in [0.25, 0.3) is 0 Å². The minimum absolute atomic E-state index is 0.179. The predicted molar refractivity (Wildman–Crippen MR) is 91.3 cm³/mol. The van der Waals surface area contributed by atoms with E-state index in [-0.39, 0.29) is 17.6 Å². The van der Waals surface area contributed by atoms with Crippen molar-refractivity contribution in [3.63, 3.8) is 0 Å². The first kappa shape index (κ1) is 17.1. The third-order valence-electron chi connectivity index (χ3n) is 4.75. The van der Waals surface area contributed by atoms with Crippen molar-refractivity contribution >= 4 is 11.9 Å². The van der Waals surface area contributed by atoms with E-state index in [2.05, 4.69) is 5.32 Å². The van der Waals surface area contributed by atoms with Crippen LogP contribution in [0.1, 0.15) is 36.4 Å². The molecule has 1 amide bonds. The molecule has 0 radical (unpaired) electrons. The third kappa shape index (κ3) is 4.05. The summed E-state index contributed by atoms with van der Waals surface area (Å²) in [4.78, 5) is 23.8. The Morgan fingerprint density at radius 1 is 1.00 bits per heavy atom. The first-order chi connectivity index (χ1) is 12.0. The molecule has 0 aromatic heterocycles. The van der Waals surface area contributed by atoms with Crippen LogP contribution in [-0.2, 0) is 9.59 Å². The fourth-order valence-corrected chi connectivity index (χ4v) is 3.39. The number of benzene rings is 2. The van der Waals surface area contributed by atoms with Crippen LogP contribution in [-0.4, -0.2) is 17.0 Å². The molecule has 3 rings (SSSR count). The number of carbonyl (C=O) groups excluding carboxylic acids is 1. The van der Waals surface area contributed by atoms with Crippen molar-refractivity contribution in [2.75, 3.05) is 0 Å². The van der Waals surface area contributed by atoms with Gasteiger partial charge in [-0.15, -0.1) is 0 Å². The number of rotatable bonds is 5. The van der Waals surface area contributed by atoms with Crippen molar-refractivity contribution in [3.8, 4) is 0 Å². The lowest BCUT2D eigenvalue weighted by atomic mass is 9.97. The first-order valence-corrected chi connectivity index (χ1v) is 8.38. The lowest BCUT2D eigenvalue weighted by molar-refractivity contribution is -0.141. The molecule has 0 saturated heterocycles. The molecule has 2 N–H and O–H groups in total. The van der Waals surface area contributed by atoms with Crippen LogP contribution >= 0.6 is 0 Å². The number of carbonyl (C=O) groups is 2. The first-order valence-electron chi connectivity index (χ1n) is 8.38. The van der Waals surface area contributed by atoms with Crippen LogP contribution in [0.5, 0.6) is 0 Å². The quantitative estimate of drug-likeness (QED) is 0.874. The van der Waals surface area contributed by atoms with Gasteiger partial charge in [0, 0.05) is 5.92 Å². The monoisotopic (exact) mass is 341 g/mol. The van der Waals surface area contributed by atoms with Crippen molar-refractivity contribution in [2.24, 2.45) is 11.8 Å². The molecule has 2 aromatic carbocycles. The van der Waals surface area contributed by atoms with Crippen LogP contribution in [0.25, 0.3) is 0 Å². The molecular formula is C20H20FNO3. The van der Waals surface area contributed by atoms with Gasteiger partial charge in [-0.25, -0.2) is 4.39 Å². The maximum Gasteiger partial charge on any atom is 0.306 e. The zero-order valence-corrected chi connectivity index (χ0v) is 13.7. The highest BCUT2D eigenvalue weighted by atomic mass is 19.1. The molecule has 1 aliphatic carbocycles. The van der Waals surface area contributed by atoms with Gasteiger partial charge in [-0.05, 0) is 42.5 Å². The number of hydrogen-bond donors (Lipinski definition) is 2. The van der Waals surface area contributed by atoms with Crippen molar-refractivity contribution in [1.29, 1.82) is 0 Å². The lowest BCUT2D eigenvalue weighted by Crippen LogP contribution is -2.34. The number of aliphatic carboxylic acids is 1. The summed E-state index contributed by atoms with van der Waals surface area (Å²) in [6.07, 6.45) is 1.43. The number of amides is 1. The van der Waals surface area contributed by atoms with Gasteiger partial charge in [0.15, 0.2) is 0 Å². The van der Waals surface area contributed by atoms with E-state index in [0.717, 1.165) is 5.56 Å². The molecule has 1 aliphatic rings. The third-order valence-corrected chi connectivity index (χ3v) is 4.75. The summed E-state index contributed by atoms with van der Waals surface area (Å²) in [7, 11) is 0. The van der Waals surface area contributed by atoms with E-state index in [0.29, 0.717) is 24.8 Å². The minimum atomic E-state index is -0.847. The van der Waals surface area contributed by atoms with E-state index in [1.165, 1.54) is 12.1 Å². The van der Waals surface area contributed by atoms with Gasteiger partial charge >= 0.3 is 5.97 Å². The molecule has 5 heteroatoms. The normalized spacial score (nSPS) is 20.8. The predicted octanol–water partition coefficient (Wildman–Crippen LogP) is 3.53. The van der Waals surface area contributed by atoms with Gasteiger partial charge in [-0.1, -0.05) is 42.5 Å². The number of nitrogens with one attached hydrogen (secondary N) is 1. The Hall–Kier alpha value is -2.69. The topological polar surface area (TPSA) is 66.4 Å². The molecule has 130 valence electrons. The van der Waals surface area contributed by atoms with Gasteiger partial charge in [0.05, 0.1) is 12.0 Å². The van der Waals surface area contributed by atoms with Gasteiger partial charge in [0.2, 0.25) is 5.91 Å². The highest BCUT2D eigenvalue weighted by Gasteiger charge is 2.34. The van der Waals surface area contributed by atoms with Crippen LogP contribution in [0, 0.1) is 17.7 Å². The maximum atomic E-state index is 13.6. The average molecular weight is 341 g/mol. The molecule has 25 heavy (non-hydrogen) atoms. The second kappa shape index (κ2) is 7.47. The minimum Gasteiger partial charge on any atom is -0.481 e. The summed E-state index contributed by atoms with van der Waals surface area (Å²) >= 11 is 0. The van der Waals surface area contributed by atoms with Crippen LogP contribution < -0.4 is 5.32 Å². The smallest absolute Gasteiger partial charge is 0.306 e. The Balaban J connectivity index is 1.81. The average Bonchev–Trinajstić information content (AvgIpc) is 3.11. The van der Waals surface area contributed by atoms with Crippen LogP contribution in [0.4, 0.5) is 4.39 Å². The molecule has 0 heterocycles. The Bertz CT molecular complexity index is 763. The molecule has 3 atom stereocenters. The standard InChI is InChI=1S/C20H20FNO3/c21-17-8-4-7-14(12-17)18(13-5-2-1-3-6-13)22-19(23)15-9-10-16(11-15)20(24)25/h1-8,12,15-16,18H,9-11H2,(H,22,23)(H,24,25)/t15-,16+,18?/m0/s1. The molecule has 4 nitrogen and oxygen atoms in total. The number of carboxylic acid groups (broad SMARTS) is 1. The molecule has 1 fully saturated rings.